The zero-order valence-corrected chi connectivity index (χ0v) is 12.4. The smallest absolute Gasteiger partial charge is 0.243 e. The molecule has 0 radical (unpaired) electrons. The van der Waals surface area contributed by atoms with E-state index in [4.69, 9.17) is 11.6 Å². The molecule has 0 spiro atoms. The molecule has 0 aromatic carbocycles. The molecule has 1 aromatic rings. The van der Waals surface area contributed by atoms with E-state index in [1.165, 1.54) is 18.5 Å². The van der Waals surface area contributed by atoms with Gasteiger partial charge in [-0.25, -0.2) is 13.1 Å². The molecule has 0 aliphatic carbocycles. The SMILES string of the molecule is CCN1CCCC1CNS(=O)(=O)c1cnccc1Cl. The third kappa shape index (κ3) is 3.45. The lowest BCUT2D eigenvalue weighted by Crippen LogP contribution is -2.40. The van der Waals surface area contributed by atoms with Gasteiger partial charge in [0.1, 0.15) is 4.90 Å². The minimum Gasteiger partial charge on any atom is -0.299 e. The third-order valence-corrected chi connectivity index (χ3v) is 5.33. The second-order valence-corrected chi connectivity index (χ2v) is 6.73. The van der Waals surface area contributed by atoms with Gasteiger partial charge in [0, 0.05) is 25.0 Å². The third-order valence-electron chi connectivity index (χ3n) is 3.44. The average Bonchev–Trinajstić information content (AvgIpc) is 2.84. The lowest BCUT2D eigenvalue weighted by atomic mass is 10.2. The molecule has 1 N–H and O–H groups in total. The topological polar surface area (TPSA) is 62.3 Å². The lowest BCUT2D eigenvalue weighted by molar-refractivity contribution is 0.268. The molecular weight excluding hydrogens is 286 g/mol. The van der Waals surface area contributed by atoms with Gasteiger partial charge >= 0.3 is 0 Å². The Morgan fingerprint density at radius 2 is 2.37 bits per heavy atom. The first-order valence-electron chi connectivity index (χ1n) is 6.38. The van der Waals surface area contributed by atoms with Crippen molar-refractivity contribution in [1.82, 2.24) is 14.6 Å². The van der Waals surface area contributed by atoms with Crippen LogP contribution in [0.15, 0.2) is 23.4 Å². The maximum atomic E-state index is 12.2. The maximum absolute atomic E-state index is 12.2. The van der Waals surface area contributed by atoms with Crippen molar-refractivity contribution in [2.75, 3.05) is 19.6 Å². The first-order chi connectivity index (χ1) is 9.04. The van der Waals surface area contributed by atoms with Gasteiger partial charge in [0.2, 0.25) is 10.0 Å². The predicted octanol–water partition coefficient (Wildman–Crippen LogP) is 1.50. The number of hydrogen-bond acceptors (Lipinski definition) is 4. The molecule has 0 amide bonds. The molecule has 1 unspecified atom stereocenters. The summed E-state index contributed by atoms with van der Waals surface area (Å²) in [7, 11) is -3.58. The van der Waals surface area contributed by atoms with Crippen LogP contribution in [-0.4, -0.2) is 44.0 Å². The van der Waals surface area contributed by atoms with Crippen LogP contribution in [0.2, 0.25) is 5.02 Å². The Bertz CT molecular complexity index is 536. The zero-order valence-electron chi connectivity index (χ0n) is 10.8. The van der Waals surface area contributed by atoms with E-state index >= 15 is 0 Å². The van der Waals surface area contributed by atoms with Crippen molar-refractivity contribution in [2.45, 2.75) is 30.7 Å². The van der Waals surface area contributed by atoms with Crippen LogP contribution < -0.4 is 4.72 Å². The predicted molar refractivity (Wildman–Crippen MR) is 74.7 cm³/mol. The first kappa shape index (κ1) is 14.7. The van der Waals surface area contributed by atoms with Crippen molar-refractivity contribution in [2.24, 2.45) is 0 Å². The van der Waals surface area contributed by atoms with E-state index in [1.807, 2.05) is 0 Å². The molecule has 0 bridgehead atoms. The fourth-order valence-electron chi connectivity index (χ4n) is 2.39. The summed E-state index contributed by atoms with van der Waals surface area (Å²) >= 11 is 5.89. The van der Waals surface area contributed by atoms with E-state index in [-0.39, 0.29) is 16.0 Å². The minimum absolute atomic E-state index is 0.0395. The molecule has 1 aromatic heterocycles. The fraction of sp³-hybridized carbons (Fsp3) is 0.583. The van der Waals surface area contributed by atoms with Gasteiger partial charge < -0.3 is 0 Å². The number of likely N-dealkylation sites (tertiary alicyclic amines) is 1. The minimum atomic E-state index is -3.58. The van der Waals surface area contributed by atoms with Crippen LogP contribution in [0.5, 0.6) is 0 Å². The van der Waals surface area contributed by atoms with E-state index in [1.54, 1.807) is 0 Å². The first-order valence-corrected chi connectivity index (χ1v) is 8.24. The Morgan fingerprint density at radius 3 is 3.05 bits per heavy atom. The summed E-state index contributed by atoms with van der Waals surface area (Å²) in [6.07, 6.45) is 4.89. The average molecular weight is 304 g/mol. The highest BCUT2D eigenvalue weighted by atomic mass is 35.5. The monoisotopic (exact) mass is 303 g/mol. The van der Waals surface area contributed by atoms with Crippen molar-refractivity contribution in [3.05, 3.63) is 23.5 Å². The summed E-state index contributed by atoms with van der Waals surface area (Å²) in [6, 6.07) is 1.75. The number of hydrogen-bond donors (Lipinski definition) is 1. The Morgan fingerprint density at radius 1 is 1.58 bits per heavy atom. The van der Waals surface area contributed by atoms with E-state index < -0.39 is 10.0 Å². The molecule has 1 saturated heterocycles. The molecule has 1 atom stereocenters. The number of nitrogens with zero attached hydrogens (tertiary/aromatic N) is 2. The van der Waals surface area contributed by atoms with Crippen molar-refractivity contribution >= 4 is 21.6 Å². The van der Waals surface area contributed by atoms with Crippen LogP contribution in [0.1, 0.15) is 19.8 Å². The van der Waals surface area contributed by atoms with Crippen LogP contribution in [0, 0.1) is 0 Å². The van der Waals surface area contributed by atoms with Gasteiger partial charge in [-0.3, -0.25) is 9.88 Å². The van der Waals surface area contributed by atoms with Gasteiger partial charge in [0.15, 0.2) is 0 Å². The van der Waals surface area contributed by atoms with E-state index in [9.17, 15) is 8.42 Å². The Hall–Kier alpha value is -0.690. The molecule has 2 heterocycles. The number of aromatic nitrogens is 1. The van der Waals surface area contributed by atoms with Gasteiger partial charge in [-0.15, -0.1) is 0 Å². The van der Waals surface area contributed by atoms with Crippen LogP contribution in [0.4, 0.5) is 0 Å². The summed E-state index contributed by atoms with van der Waals surface area (Å²) in [5.41, 5.74) is 0. The van der Waals surface area contributed by atoms with Crippen molar-refractivity contribution in [3.8, 4) is 0 Å². The molecule has 0 saturated carbocycles. The molecule has 106 valence electrons. The van der Waals surface area contributed by atoms with Gasteiger partial charge in [-0.05, 0) is 32.0 Å². The number of likely N-dealkylation sites (N-methyl/N-ethyl adjacent to an activating group) is 1. The highest BCUT2D eigenvalue weighted by Gasteiger charge is 2.25. The summed E-state index contributed by atoms with van der Waals surface area (Å²) < 4.78 is 26.9. The number of rotatable bonds is 5. The Labute approximate surface area is 119 Å². The van der Waals surface area contributed by atoms with Gasteiger partial charge in [0.25, 0.3) is 0 Å². The fourth-order valence-corrected chi connectivity index (χ4v) is 3.89. The highest BCUT2D eigenvalue weighted by molar-refractivity contribution is 7.89. The van der Waals surface area contributed by atoms with Crippen molar-refractivity contribution in [1.29, 1.82) is 0 Å². The van der Waals surface area contributed by atoms with Crippen LogP contribution in [0.25, 0.3) is 0 Å². The van der Waals surface area contributed by atoms with Gasteiger partial charge in [-0.2, -0.15) is 0 Å². The molecule has 2 rings (SSSR count). The highest BCUT2D eigenvalue weighted by Crippen LogP contribution is 2.20. The molecule has 19 heavy (non-hydrogen) atoms. The van der Waals surface area contributed by atoms with Crippen molar-refractivity contribution < 1.29 is 8.42 Å². The largest absolute Gasteiger partial charge is 0.299 e. The molecule has 1 aliphatic rings. The van der Waals surface area contributed by atoms with Crippen molar-refractivity contribution in [3.63, 3.8) is 0 Å². The molecule has 5 nitrogen and oxygen atoms in total. The van der Waals surface area contributed by atoms with E-state index in [2.05, 4.69) is 21.5 Å². The number of nitrogens with one attached hydrogen (secondary N) is 1. The standard InChI is InChI=1S/C12H18ClN3O2S/c1-2-16-7-3-4-10(16)8-15-19(17,18)12-9-14-6-5-11(12)13/h5-6,9-10,15H,2-4,7-8H2,1H3. The maximum Gasteiger partial charge on any atom is 0.243 e. The number of halogens is 1. The van der Waals surface area contributed by atoms with Crippen LogP contribution >= 0.6 is 11.6 Å². The lowest BCUT2D eigenvalue weighted by Gasteiger charge is -2.22. The second-order valence-electron chi connectivity index (χ2n) is 4.58. The molecular formula is C12H18ClN3O2S. The Kier molecular flexibility index (Phi) is 4.78. The Balaban J connectivity index is 2.04. The van der Waals surface area contributed by atoms with Crippen LogP contribution in [0.3, 0.4) is 0 Å². The summed E-state index contributed by atoms with van der Waals surface area (Å²) in [5.74, 6) is 0. The van der Waals surface area contributed by atoms with Gasteiger partial charge in [0.05, 0.1) is 5.02 Å². The van der Waals surface area contributed by atoms with E-state index in [0.717, 1.165) is 25.9 Å². The summed E-state index contributed by atoms with van der Waals surface area (Å²) in [5, 5.41) is 0.196. The summed E-state index contributed by atoms with van der Waals surface area (Å²) in [6.45, 7) is 4.49. The van der Waals surface area contributed by atoms with E-state index in [0.29, 0.717) is 6.54 Å². The number of sulfonamides is 1. The normalized spacial score (nSPS) is 20.8. The summed E-state index contributed by atoms with van der Waals surface area (Å²) in [4.78, 5) is 6.13. The number of pyridine rings is 1. The molecule has 7 heteroatoms. The zero-order chi connectivity index (χ0) is 13.9. The molecule has 1 fully saturated rings. The van der Waals surface area contributed by atoms with Gasteiger partial charge in [-0.1, -0.05) is 18.5 Å². The quantitative estimate of drug-likeness (QED) is 0.895. The van der Waals surface area contributed by atoms with Crippen LogP contribution in [-0.2, 0) is 10.0 Å². The molecule has 1 aliphatic heterocycles. The second kappa shape index (κ2) is 6.17.